The maximum atomic E-state index is 11.8. The van der Waals surface area contributed by atoms with Crippen LogP contribution in [0.5, 0.6) is 0 Å². The standard InChI is InChI=1S/C10H13NO3/c1-7-8(3-4-14-7)9(12)11-5-10(2,13)6-11/h3-4,13H,5-6H2,1-2H3. The Balaban J connectivity index is 2.08. The van der Waals surface area contributed by atoms with E-state index < -0.39 is 5.60 Å². The van der Waals surface area contributed by atoms with Gasteiger partial charge >= 0.3 is 0 Å². The summed E-state index contributed by atoms with van der Waals surface area (Å²) < 4.78 is 5.05. The van der Waals surface area contributed by atoms with Crippen molar-refractivity contribution in [3.63, 3.8) is 0 Å². The number of hydrogen-bond acceptors (Lipinski definition) is 3. The number of carbonyl (C=O) groups is 1. The summed E-state index contributed by atoms with van der Waals surface area (Å²) in [5.74, 6) is 0.560. The van der Waals surface area contributed by atoms with Crippen molar-refractivity contribution in [3.05, 3.63) is 23.7 Å². The fourth-order valence-electron chi connectivity index (χ4n) is 1.70. The summed E-state index contributed by atoms with van der Waals surface area (Å²) in [7, 11) is 0. The van der Waals surface area contributed by atoms with Gasteiger partial charge in [-0.05, 0) is 19.9 Å². The number of furan rings is 1. The molecule has 76 valence electrons. The second-order valence-electron chi connectivity index (χ2n) is 4.05. The number of rotatable bonds is 1. The molecule has 4 nitrogen and oxygen atoms in total. The number of β-amino-alcohol motifs (C(OH)–C–C–N with tert-alkyl or cyclic N) is 1. The summed E-state index contributed by atoms with van der Waals surface area (Å²) >= 11 is 0. The summed E-state index contributed by atoms with van der Waals surface area (Å²) in [5, 5.41) is 9.48. The van der Waals surface area contributed by atoms with Crippen molar-refractivity contribution in [1.82, 2.24) is 4.90 Å². The van der Waals surface area contributed by atoms with Crippen LogP contribution in [0.25, 0.3) is 0 Å². The molecule has 1 aromatic heterocycles. The third kappa shape index (κ3) is 1.42. The van der Waals surface area contributed by atoms with Crippen LogP contribution < -0.4 is 0 Å². The van der Waals surface area contributed by atoms with Crippen molar-refractivity contribution >= 4 is 5.91 Å². The van der Waals surface area contributed by atoms with Crippen LogP contribution in [0.3, 0.4) is 0 Å². The average molecular weight is 195 g/mol. The summed E-state index contributed by atoms with van der Waals surface area (Å²) in [5.41, 5.74) is -0.131. The number of nitrogens with zero attached hydrogens (tertiary/aromatic N) is 1. The molecule has 0 spiro atoms. The van der Waals surface area contributed by atoms with E-state index in [1.54, 1.807) is 24.8 Å². The third-order valence-electron chi connectivity index (χ3n) is 2.44. The Morgan fingerprint density at radius 1 is 1.64 bits per heavy atom. The molecule has 0 atom stereocenters. The van der Waals surface area contributed by atoms with Gasteiger partial charge in [-0.15, -0.1) is 0 Å². The summed E-state index contributed by atoms with van der Waals surface area (Å²) in [6.07, 6.45) is 1.50. The minimum atomic E-state index is -0.715. The van der Waals surface area contributed by atoms with Gasteiger partial charge in [0.2, 0.25) is 0 Å². The molecule has 1 aliphatic heterocycles. The second-order valence-corrected chi connectivity index (χ2v) is 4.05. The Hall–Kier alpha value is -1.29. The molecule has 0 aliphatic carbocycles. The minimum Gasteiger partial charge on any atom is -0.469 e. The van der Waals surface area contributed by atoms with E-state index >= 15 is 0 Å². The maximum absolute atomic E-state index is 11.8. The first-order valence-electron chi connectivity index (χ1n) is 4.55. The average Bonchev–Trinajstić information content (AvgIpc) is 2.45. The monoisotopic (exact) mass is 195 g/mol. The van der Waals surface area contributed by atoms with Crippen molar-refractivity contribution in [1.29, 1.82) is 0 Å². The quantitative estimate of drug-likeness (QED) is 0.721. The molecule has 0 aromatic carbocycles. The maximum Gasteiger partial charge on any atom is 0.257 e. The Labute approximate surface area is 82.1 Å². The van der Waals surface area contributed by atoms with Crippen molar-refractivity contribution in [2.75, 3.05) is 13.1 Å². The Bertz CT molecular complexity index is 359. The molecule has 0 bridgehead atoms. The fourth-order valence-corrected chi connectivity index (χ4v) is 1.70. The summed E-state index contributed by atoms with van der Waals surface area (Å²) in [6, 6.07) is 1.66. The first-order valence-corrected chi connectivity index (χ1v) is 4.55. The van der Waals surface area contributed by atoms with Crippen molar-refractivity contribution in [3.8, 4) is 0 Å². The van der Waals surface area contributed by atoms with Gasteiger partial charge in [0.15, 0.2) is 0 Å². The Kier molecular flexibility index (Phi) is 1.89. The molecule has 1 aliphatic rings. The van der Waals surface area contributed by atoms with Crippen molar-refractivity contribution < 1.29 is 14.3 Å². The highest BCUT2D eigenvalue weighted by Gasteiger charge is 2.40. The smallest absolute Gasteiger partial charge is 0.257 e. The van der Waals surface area contributed by atoms with Gasteiger partial charge in [-0.1, -0.05) is 0 Å². The van der Waals surface area contributed by atoms with Crippen LogP contribution in [0.1, 0.15) is 23.0 Å². The molecule has 1 amide bonds. The predicted molar refractivity (Wildman–Crippen MR) is 50.0 cm³/mol. The van der Waals surface area contributed by atoms with Crippen LogP contribution in [0.15, 0.2) is 16.7 Å². The lowest BCUT2D eigenvalue weighted by atomic mass is 9.96. The molecule has 1 saturated heterocycles. The van der Waals surface area contributed by atoms with Gasteiger partial charge in [-0.25, -0.2) is 0 Å². The molecule has 1 fully saturated rings. The minimum absolute atomic E-state index is 0.0669. The number of aliphatic hydroxyl groups is 1. The number of aryl methyl sites for hydroxylation is 1. The molecule has 4 heteroatoms. The lowest BCUT2D eigenvalue weighted by molar-refractivity contribution is -0.0669. The van der Waals surface area contributed by atoms with Gasteiger partial charge in [-0.2, -0.15) is 0 Å². The Morgan fingerprint density at radius 2 is 2.29 bits per heavy atom. The molecule has 0 unspecified atom stereocenters. The molecule has 1 aromatic rings. The molecule has 1 N–H and O–H groups in total. The van der Waals surface area contributed by atoms with Crippen LogP contribution in [0.2, 0.25) is 0 Å². The summed E-state index contributed by atoms with van der Waals surface area (Å²) in [4.78, 5) is 13.4. The van der Waals surface area contributed by atoms with Gasteiger partial charge in [0.05, 0.1) is 30.5 Å². The predicted octanol–water partition coefficient (Wildman–Crippen LogP) is 0.795. The van der Waals surface area contributed by atoms with E-state index in [9.17, 15) is 9.90 Å². The number of hydrogen-bond donors (Lipinski definition) is 1. The molecule has 0 saturated carbocycles. The molecular formula is C10H13NO3. The normalized spacial score (nSPS) is 19.2. The van der Waals surface area contributed by atoms with Crippen molar-refractivity contribution in [2.45, 2.75) is 19.4 Å². The zero-order valence-electron chi connectivity index (χ0n) is 8.28. The fraction of sp³-hybridized carbons (Fsp3) is 0.500. The summed E-state index contributed by atoms with van der Waals surface area (Å²) in [6.45, 7) is 4.27. The molecule has 14 heavy (non-hydrogen) atoms. The number of carbonyl (C=O) groups excluding carboxylic acids is 1. The SMILES string of the molecule is Cc1occc1C(=O)N1CC(C)(O)C1. The highest BCUT2D eigenvalue weighted by molar-refractivity contribution is 5.95. The van der Waals surface area contributed by atoms with E-state index in [0.29, 0.717) is 24.4 Å². The lowest BCUT2D eigenvalue weighted by Gasteiger charge is -2.44. The van der Waals surface area contributed by atoms with E-state index in [1.165, 1.54) is 6.26 Å². The third-order valence-corrected chi connectivity index (χ3v) is 2.44. The topological polar surface area (TPSA) is 53.7 Å². The van der Waals surface area contributed by atoms with Gasteiger partial charge in [-0.3, -0.25) is 4.79 Å². The van der Waals surface area contributed by atoms with Gasteiger partial charge in [0.25, 0.3) is 5.91 Å². The van der Waals surface area contributed by atoms with E-state index in [0.717, 1.165) is 0 Å². The highest BCUT2D eigenvalue weighted by Crippen LogP contribution is 2.23. The number of likely N-dealkylation sites (tertiary alicyclic amines) is 1. The van der Waals surface area contributed by atoms with Crippen molar-refractivity contribution in [2.24, 2.45) is 0 Å². The largest absolute Gasteiger partial charge is 0.469 e. The van der Waals surface area contributed by atoms with Crippen LogP contribution >= 0.6 is 0 Å². The zero-order chi connectivity index (χ0) is 10.3. The van der Waals surface area contributed by atoms with Crippen LogP contribution in [0.4, 0.5) is 0 Å². The van der Waals surface area contributed by atoms with Gasteiger partial charge in [0.1, 0.15) is 5.76 Å². The van der Waals surface area contributed by atoms with Crippen LogP contribution in [-0.2, 0) is 0 Å². The highest BCUT2D eigenvalue weighted by atomic mass is 16.3. The number of amides is 1. The second kappa shape index (κ2) is 2.85. The first-order chi connectivity index (χ1) is 6.49. The molecular weight excluding hydrogens is 182 g/mol. The van der Waals surface area contributed by atoms with E-state index in [4.69, 9.17) is 4.42 Å². The van der Waals surface area contributed by atoms with Gasteiger partial charge < -0.3 is 14.4 Å². The van der Waals surface area contributed by atoms with E-state index in [1.807, 2.05) is 0 Å². The molecule has 2 heterocycles. The zero-order valence-corrected chi connectivity index (χ0v) is 8.28. The molecule has 2 rings (SSSR count). The first kappa shape index (κ1) is 9.27. The Morgan fingerprint density at radius 3 is 2.71 bits per heavy atom. The van der Waals surface area contributed by atoms with E-state index in [-0.39, 0.29) is 5.91 Å². The lowest BCUT2D eigenvalue weighted by Crippen LogP contribution is -2.61. The molecule has 0 radical (unpaired) electrons. The van der Waals surface area contributed by atoms with Gasteiger partial charge in [0, 0.05) is 0 Å². The van der Waals surface area contributed by atoms with Crippen LogP contribution in [0, 0.1) is 6.92 Å². The van der Waals surface area contributed by atoms with Crippen LogP contribution in [-0.4, -0.2) is 34.6 Å². The van der Waals surface area contributed by atoms with E-state index in [2.05, 4.69) is 0 Å².